The summed E-state index contributed by atoms with van der Waals surface area (Å²) >= 11 is 5.97. The van der Waals surface area contributed by atoms with Crippen molar-refractivity contribution in [2.24, 2.45) is 5.73 Å². The molecule has 0 radical (unpaired) electrons. The maximum absolute atomic E-state index is 11.9. The predicted octanol–water partition coefficient (Wildman–Crippen LogP) is 2.75. The lowest BCUT2D eigenvalue weighted by atomic mass is 10.1. The smallest absolute Gasteiger partial charge is 0.408 e. The predicted molar refractivity (Wildman–Crippen MR) is 78.9 cm³/mol. The number of nitrogens with zero attached hydrogens (tertiary/aromatic N) is 1. The van der Waals surface area contributed by atoms with E-state index >= 15 is 0 Å². The number of oxazole rings is 1. The molecule has 0 unspecified atom stereocenters. The summed E-state index contributed by atoms with van der Waals surface area (Å²) in [6, 6.07) is 13.0. The van der Waals surface area contributed by atoms with Crippen LogP contribution in [0.3, 0.4) is 0 Å². The molecule has 0 fully saturated rings. The van der Waals surface area contributed by atoms with Gasteiger partial charge in [-0.1, -0.05) is 35.9 Å². The molecule has 2 aromatic carbocycles. The highest BCUT2D eigenvalue weighted by atomic mass is 35.5. The third-order valence-electron chi connectivity index (χ3n) is 3.23. The lowest BCUT2D eigenvalue weighted by molar-refractivity contribution is 0.517. The van der Waals surface area contributed by atoms with Crippen LogP contribution in [-0.2, 0) is 13.1 Å². The first-order valence-corrected chi connectivity index (χ1v) is 6.62. The van der Waals surface area contributed by atoms with Crippen LogP contribution in [0.2, 0.25) is 5.02 Å². The zero-order chi connectivity index (χ0) is 14.1. The van der Waals surface area contributed by atoms with E-state index in [-0.39, 0.29) is 5.76 Å². The van der Waals surface area contributed by atoms with Gasteiger partial charge in [-0.25, -0.2) is 4.79 Å². The van der Waals surface area contributed by atoms with Crippen LogP contribution < -0.4 is 11.5 Å². The van der Waals surface area contributed by atoms with Gasteiger partial charge in [0.1, 0.15) is 0 Å². The van der Waals surface area contributed by atoms with Crippen molar-refractivity contribution < 1.29 is 4.42 Å². The minimum Gasteiger partial charge on any atom is -0.408 e. The van der Waals surface area contributed by atoms with E-state index in [4.69, 9.17) is 21.8 Å². The van der Waals surface area contributed by atoms with Crippen molar-refractivity contribution in [3.63, 3.8) is 0 Å². The van der Waals surface area contributed by atoms with Crippen LogP contribution in [0, 0.1) is 0 Å². The fraction of sp³-hybridized carbons (Fsp3) is 0.133. The second-order valence-corrected chi connectivity index (χ2v) is 5.02. The van der Waals surface area contributed by atoms with Crippen molar-refractivity contribution in [1.29, 1.82) is 0 Å². The lowest BCUT2D eigenvalue weighted by Gasteiger charge is -2.04. The Bertz CT molecular complexity index is 803. The van der Waals surface area contributed by atoms with Gasteiger partial charge < -0.3 is 10.2 Å². The van der Waals surface area contributed by atoms with Crippen molar-refractivity contribution in [3.8, 4) is 0 Å². The second-order valence-electron chi connectivity index (χ2n) is 4.59. The van der Waals surface area contributed by atoms with Gasteiger partial charge in [0.05, 0.1) is 12.1 Å². The van der Waals surface area contributed by atoms with E-state index in [9.17, 15) is 4.79 Å². The zero-order valence-electron chi connectivity index (χ0n) is 10.7. The molecule has 0 aliphatic rings. The largest absolute Gasteiger partial charge is 0.420 e. The molecule has 0 bridgehead atoms. The number of halogens is 1. The van der Waals surface area contributed by atoms with Crippen molar-refractivity contribution in [2.75, 3.05) is 0 Å². The van der Waals surface area contributed by atoms with Gasteiger partial charge in [-0.2, -0.15) is 0 Å². The zero-order valence-corrected chi connectivity index (χ0v) is 11.4. The minimum atomic E-state index is -0.384. The summed E-state index contributed by atoms with van der Waals surface area (Å²) in [5.74, 6) is -0.384. The van der Waals surface area contributed by atoms with Crippen LogP contribution >= 0.6 is 11.6 Å². The first kappa shape index (κ1) is 13.0. The Morgan fingerprint density at radius 2 is 1.80 bits per heavy atom. The molecule has 0 saturated heterocycles. The summed E-state index contributed by atoms with van der Waals surface area (Å²) in [6.45, 7) is 0.946. The van der Waals surface area contributed by atoms with Crippen LogP contribution in [-0.4, -0.2) is 4.57 Å². The van der Waals surface area contributed by atoms with Crippen LogP contribution in [0.4, 0.5) is 0 Å². The maximum Gasteiger partial charge on any atom is 0.420 e. The van der Waals surface area contributed by atoms with E-state index in [2.05, 4.69) is 0 Å². The number of benzene rings is 2. The highest BCUT2D eigenvalue weighted by Crippen LogP contribution is 2.19. The second kappa shape index (κ2) is 5.15. The molecular weight excluding hydrogens is 276 g/mol. The van der Waals surface area contributed by atoms with E-state index in [1.807, 2.05) is 24.3 Å². The number of hydrogen-bond acceptors (Lipinski definition) is 3. The molecule has 0 aliphatic heterocycles. The summed E-state index contributed by atoms with van der Waals surface area (Å²) in [5.41, 5.74) is 8.87. The Morgan fingerprint density at radius 3 is 2.50 bits per heavy atom. The normalized spacial score (nSPS) is 11.1. The van der Waals surface area contributed by atoms with Crippen LogP contribution in [0.15, 0.2) is 51.7 Å². The van der Waals surface area contributed by atoms with Crippen molar-refractivity contribution >= 4 is 22.7 Å². The Balaban J connectivity index is 2.03. The number of aromatic nitrogens is 1. The number of nitrogens with two attached hydrogens (primary N) is 1. The summed E-state index contributed by atoms with van der Waals surface area (Å²) in [7, 11) is 0. The standard InChI is InChI=1S/C15H13ClN2O2/c16-12-5-6-14-13(7-12)18(15(19)20-14)9-11-3-1-10(8-17)2-4-11/h1-7H,8-9,17H2. The van der Waals surface area contributed by atoms with Crippen molar-refractivity contribution in [2.45, 2.75) is 13.1 Å². The van der Waals surface area contributed by atoms with Gasteiger partial charge in [-0.3, -0.25) is 4.57 Å². The van der Waals surface area contributed by atoms with Gasteiger partial charge in [-0.05, 0) is 29.3 Å². The van der Waals surface area contributed by atoms with Gasteiger partial charge in [-0.15, -0.1) is 0 Å². The molecule has 4 nitrogen and oxygen atoms in total. The highest BCUT2D eigenvalue weighted by molar-refractivity contribution is 6.31. The molecule has 0 aliphatic carbocycles. The van der Waals surface area contributed by atoms with Gasteiger partial charge >= 0.3 is 5.76 Å². The summed E-state index contributed by atoms with van der Waals surface area (Å²) in [5, 5.41) is 0.575. The fourth-order valence-corrected chi connectivity index (χ4v) is 2.31. The molecule has 3 rings (SSSR count). The van der Waals surface area contributed by atoms with E-state index in [0.29, 0.717) is 29.2 Å². The van der Waals surface area contributed by atoms with E-state index in [1.165, 1.54) is 0 Å². The lowest BCUT2D eigenvalue weighted by Crippen LogP contribution is -2.14. The molecule has 5 heteroatoms. The molecule has 1 heterocycles. The molecule has 3 aromatic rings. The molecule has 0 amide bonds. The first-order chi connectivity index (χ1) is 9.67. The third kappa shape index (κ3) is 2.35. The van der Waals surface area contributed by atoms with E-state index in [1.54, 1.807) is 22.8 Å². The van der Waals surface area contributed by atoms with E-state index < -0.39 is 0 Å². The molecular formula is C15H13ClN2O2. The van der Waals surface area contributed by atoms with Gasteiger partial charge in [0.15, 0.2) is 5.58 Å². The molecule has 2 N–H and O–H groups in total. The van der Waals surface area contributed by atoms with Crippen LogP contribution in [0.1, 0.15) is 11.1 Å². The Kier molecular flexibility index (Phi) is 3.34. The quantitative estimate of drug-likeness (QED) is 0.806. The SMILES string of the molecule is NCc1ccc(Cn2c(=O)oc3ccc(Cl)cc32)cc1. The molecule has 0 spiro atoms. The summed E-state index contributed by atoms with van der Waals surface area (Å²) < 4.78 is 6.77. The molecule has 1 aromatic heterocycles. The number of rotatable bonds is 3. The van der Waals surface area contributed by atoms with E-state index in [0.717, 1.165) is 11.1 Å². The van der Waals surface area contributed by atoms with Crippen molar-refractivity contribution in [3.05, 3.63) is 69.2 Å². The third-order valence-corrected chi connectivity index (χ3v) is 3.46. The topological polar surface area (TPSA) is 61.2 Å². The Labute approximate surface area is 120 Å². The highest BCUT2D eigenvalue weighted by Gasteiger charge is 2.10. The molecule has 0 atom stereocenters. The maximum atomic E-state index is 11.9. The first-order valence-electron chi connectivity index (χ1n) is 6.24. The molecule has 20 heavy (non-hydrogen) atoms. The van der Waals surface area contributed by atoms with Gasteiger partial charge in [0.25, 0.3) is 0 Å². The average Bonchev–Trinajstić information content (AvgIpc) is 2.76. The monoisotopic (exact) mass is 288 g/mol. The summed E-state index contributed by atoms with van der Waals surface area (Å²) in [6.07, 6.45) is 0. The fourth-order valence-electron chi connectivity index (χ4n) is 2.15. The average molecular weight is 289 g/mol. The van der Waals surface area contributed by atoms with Gasteiger partial charge in [0.2, 0.25) is 0 Å². The number of hydrogen-bond donors (Lipinski definition) is 1. The molecule has 0 saturated carbocycles. The summed E-state index contributed by atoms with van der Waals surface area (Å²) in [4.78, 5) is 11.9. The van der Waals surface area contributed by atoms with Crippen LogP contribution in [0.25, 0.3) is 11.1 Å². The Hall–Kier alpha value is -2.04. The van der Waals surface area contributed by atoms with Crippen LogP contribution in [0.5, 0.6) is 0 Å². The Morgan fingerprint density at radius 1 is 1.10 bits per heavy atom. The molecule has 102 valence electrons. The number of fused-ring (bicyclic) bond motifs is 1. The van der Waals surface area contributed by atoms with Crippen molar-refractivity contribution in [1.82, 2.24) is 4.57 Å². The minimum absolute atomic E-state index is 0.384. The van der Waals surface area contributed by atoms with Gasteiger partial charge in [0, 0.05) is 11.6 Å².